The van der Waals surface area contributed by atoms with Gasteiger partial charge < -0.3 is 14.2 Å². The number of nitrogens with one attached hydrogen (secondary N) is 1. The second-order valence-corrected chi connectivity index (χ2v) is 6.42. The van der Waals surface area contributed by atoms with Crippen molar-refractivity contribution < 1.29 is 27.6 Å². The normalized spacial score (nSPS) is 10.8. The molecule has 0 aromatic heterocycles. The second-order valence-electron chi connectivity index (χ2n) is 4.77. The molecular weight excluding hydrogens is 352 g/mol. The van der Waals surface area contributed by atoms with Crippen molar-refractivity contribution in [2.75, 3.05) is 26.1 Å². The average molecular weight is 368 g/mol. The summed E-state index contributed by atoms with van der Waals surface area (Å²) in [5.41, 5.74) is -0.167. The van der Waals surface area contributed by atoms with E-state index in [1.165, 1.54) is 45.6 Å². The molecule has 0 atom stereocenters. The van der Waals surface area contributed by atoms with Gasteiger partial charge in [-0.05, 0) is 18.2 Å². The molecule has 9 nitrogen and oxygen atoms in total. The smallest absolute Gasteiger partial charge is 0.271 e. The number of nitrogens with zero attached hydrogens (tertiary/aromatic N) is 1. The lowest BCUT2D eigenvalue weighted by molar-refractivity contribution is -0.385. The molecule has 0 heterocycles. The number of non-ortho nitro benzene ring substituents is 1. The molecule has 10 heteroatoms. The van der Waals surface area contributed by atoms with Crippen molar-refractivity contribution in [1.82, 2.24) is 0 Å². The van der Waals surface area contributed by atoms with Crippen LogP contribution in [0, 0.1) is 10.1 Å². The lowest BCUT2D eigenvalue weighted by atomic mass is 10.3. The Morgan fingerprint density at radius 1 is 0.920 bits per heavy atom. The zero-order chi connectivity index (χ0) is 18.6. The van der Waals surface area contributed by atoms with Crippen molar-refractivity contribution in [2.45, 2.75) is 4.90 Å². The summed E-state index contributed by atoms with van der Waals surface area (Å²) in [6.45, 7) is 0. The molecule has 25 heavy (non-hydrogen) atoms. The summed E-state index contributed by atoms with van der Waals surface area (Å²) in [5, 5.41) is 10.9. The maximum atomic E-state index is 12.6. The number of benzene rings is 2. The van der Waals surface area contributed by atoms with E-state index >= 15 is 0 Å². The number of hydrogen-bond donors (Lipinski definition) is 1. The lowest BCUT2D eigenvalue weighted by Gasteiger charge is -2.13. The third-order valence-corrected chi connectivity index (χ3v) is 4.69. The second kappa shape index (κ2) is 7.26. The Morgan fingerprint density at radius 2 is 1.52 bits per heavy atom. The molecule has 0 aliphatic carbocycles. The Hall–Kier alpha value is -3.01. The number of nitro benzene ring substituents is 1. The average Bonchev–Trinajstić information content (AvgIpc) is 2.60. The zero-order valence-electron chi connectivity index (χ0n) is 13.7. The first-order chi connectivity index (χ1) is 11.8. The minimum absolute atomic E-state index is 0.0152. The first-order valence-corrected chi connectivity index (χ1v) is 8.38. The van der Waals surface area contributed by atoms with Crippen molar-refractivity contribution in [3.63, 3.8) is 0 Å². The standard InChI is InChI=1S/C15H16N2O7S/c1-22-12-6-4-10(8-14(12)24-3)16-25(20,21)15-9-11(17(18)19)5-7-13(15)23-2/h4-9,16H,1-3H3. The molecular formula is C15H16N2O7S. The van der Waals surface area contributed by atoms with E-state index in [0.717, 1.165) is 12.1 Å². The van der Waals surface area contributed by atoms with Crippen LogP contribution < -0.4 is 18.9 Å². The van der Waals surface area contributed by atoms with E-state index in [9.17, 15) is 18.5 Å². The summed E-state index contributed by atoms with van der Waals surface area (Å²) >= 11 is 0. The fourth-order valence-electron chi connectivity index (χ4n) is 2.10. The largest absolute Gasteiger partial charge is 0.495 e. The van der Waals surface area contributed by atoms with E-state index in [2.05, 4.69) is 4.72 Å². The van der Waals surface area contributed by atoms with Crippen LogP contribution in [-0.4, -0.2) is 34.7 Å². The topological polar surface area (TPSA) is 117 Å². The molecule has 0 unspecified atom stereocenters. The predicted molar refractivity (Wildman–Crippen MR) is 90.0 cm³/mol. The summed E-state index contributed by atoms with van der Waals surface area (Å²) in [6.07, 6.45) is 0. The van der Waals surface area contributed by atoms with Gasteiger partial charge in [0.15, 0.2) is 11.5 Å². The van der Waals surface area contributed by atoms with E-state index in [-0.39, 0.29) is 22.0 Å². The Bertz CT molecular complexity index is 897. The number of ether oxygens (including phenoxy) is 3. The molecule has 0 bridgehead atoms. The molecule has 0 radical (unpaired) electrons. The van der Waals surface area contributed by atoms with Crippen LogP contribution in [0.15, 0.2) is 41.3 Å². The van der Waals surface area contributed by atoms with Crippen molar-refractivity contribution in [1.29, 1.82) is 0 Å². The maximum Gasteiger partial charge on any atom is 0.271 e. The third kappa shape index (κ3) is 3.91. The van der Waals surface area contributed by atoms with Gasteiger partial charge in [-0.25, -0.2) is 8.42 Å². The lowest BCUT2D eigenvalue weighted by Crippen LogP contribution is -2.14. The summed E-state index contributed by atoms with van der Waals surface area (Å²) in [6, 6.07) is 7.75. The van der Waals surface area contributed by atoms with E-state index in [1.807, 2.05) is 0 Å². The first kappa shape index (κ1) is 18.3. The van der Waals surface area contributed by atoms with Crippen LogP contribution in [0.3, 0.4) is 0 Å². The fourth-order valence-corrected chi connectivity index (χ4v) is 3.34. The van der Waals surface area contributed by atoms with Gasteiger partial charge in [0.05, 0.1) is 31.9 Å². The van der Waals surface area contributed by atoms with Crippen LogP contribution >= 0.6 is 0 Å². The molecule has 2 rings (SSSR count). The molecule has 0 aliphatic rings. The third-order valence-electron chi connectivity index (χ3n) is 3.28. The highest BCUT2D eigenvalue weighted by molar-refractivity contribution is 7.92. The van der Waals surface area contributed by atoms with Crippen molar-refractivity contribution >= 4 is 21.4 Å². The highest BCUT2D eigenvalue weighted by atomic mass is 32.2. The van der Waals surface area contributed by atoms with Crippen LogP contribution in [0.25, 0.3) is 0 Å². The Labute approximate surface area is 144 Å². The number of nitro groups is 1. The van der Waals surface area contributed by atoms with Gasteiger partial charge in [-0.2, -0.15) is 0 Å². The first-order valence-electron chi connectivity index (χ1n) is 6.89. The van der Waals surface area contributed by atoms with Crippen LogP contribution in [0.5, 0.6) is 17.2 Å². The van der Waals surface area contributed by atoms with Gasteiger partial charge >= 0.3 is 0 Å². The minimum Gasteiger partial charge on any atom is -0.495 e. The molecule has 0 aliphatic heterocycles. The Kier molecular flexibility index (Phi) is 5.32. The molecule has 0 spiro atoms. The van der Waals surface area contributed by atoms with Crippen molar-refractivity contribution in [2.24, 2.45) is 0 Å². The van der Waals surface area contributed by atoms with E-state index in [1.54, 1.807) is 0 Å². The molecule has 134 valence electrons. The minimum atomic E-state index is -4.13. The quantitative estimate of drug-likeness (QED) is 0.589. The molecule has 2 aromatic rings. The summed E-state index contributed by atoms with van der Waals surface area (Å²) in [7, 11) is 0.0123. The van der Waals surface area contributed by atoms with Gasteiger partial charge in [0.25, 0.3) is 15.7 Å². The number of rotatable bonds is 7. The number of anilines is 1. The molecule has 0 amide bonds. The molecule has 0 fully saturated rings. The summed E-state index contributed by atoms with van der Waals surface area (Å²) in [5.74, 6) is 0.741. The monoisotopic (exact) mass is 368 g/mol. The molecule has 1 N–H and O–H groups in total. The van der Waals surface area contributed by atoms with E-state index < -0.39 is 14.9 Å². The summed E-state index contributed by atoms with van der Waals surface area (Å²) in [4.78, 5) is 9.88. The van der Waals surface area contributed by atoms with Gasteiger partial charge in [0.2, 0.25) is 0 Å². The van der Waals surface area contributed by atoms with Gasteiger partial charge in [-0.3, -0.25) is 14.8 Å². The van der Waals surface area contributed by atoms with Gasteiger partial charge in [-0.1, -0.05) is 0 Å². The molecule has 0 saturated carbocycles. The van der Waals surface area contributed by atoms with Crippen LogP contribution in [-0.2, 0) is 10.0 Å². The predicted octanol–water partition coefficient (Wildman–Crippen LogP) is 2.42. The Morgan fingerprint density at radius 3 is 2.08 bits per heavy atom. The molecule has 0 saturated heterocycles. The van der Waals surface area contributed by atoms with Gasteiger partial charge in [-0.15, -0.1) is 0 Å². The van der Waals surface area contributed by atoms with Crippen molar-refractivity contribution in [3.05, 3.63) is 46.5 Å². The van der Waals surface area contributed by atoms with Crippen molar-refractivity contribution in [3.8, 4) is 17.2 Å². The van der Waals surface area contributed by atoms with Gasteiger partial charge in [0.1, 0.15) is 10.6 Å². The number of sulfonamides is 1. The van der Waals surface area contributed by atoms with E-state index in [0.29, 0.717) is 11.5 Å². The van der Waals surface area contributed by atoms with Crippen LogP contribution in [0.4, 0.5) is 11.4 Å². The number of hydrogen-bond acceptors (Lipinski definition) is 7. The van der Waals surface area contributed by atoms with Crippen LogP contribution in [0.2, 0.25) is 0 Å². The highest BCUT2D eigenvalue weighted by Gasteiger charge is 2.23. The zero-order valence-corrected chi connectivity index (χ0v) is 14.5. The SMILES string of the molecule is COc1ccc(NS(=O)(=O)c2cc([N+](=O)[O-])ccc2OC)cc1OC. The van der Waals surface area contributed by atoms with Crippen LogP contribution in [0.1, 0.15) is 0 Å². The number of methoxy groups -OCH3 is 3. The molecule has 2 aromatic carbocycles. The maximum absolute atomic E-state index is 12.6. The Balaban J connectivity index is 2.46. The highest BCUT2D eigenvalue weighted by Crippen LogP contribution is 2.33. The van der Waals surface area contributed by atoms with E-state index in [4.69, 9.17) is 14.2 Å². The van der Waals surface area contributed by atoms with Gasteiger partial charge in [0, 0.05) is 18.2 Å². The summed E-state index contributed by atoms with van der Waals surface area (Å²) < 4.78 is 42.8. The fraction of sp³-hybridized carbons (Fsp3) is 0.200.